The molecule has 0 nitrogen and oxygen atoms in total. The van der Waals surface area contributed by atoms with Gasteiger partial charge in [0.1, 0.15) is 0 Å². The van der Waals surface area contributed by atoms with Crippen LogP contribution < -0.4 is 0 Å². The molecule has 0 aromatic rings. The summed E-state index contributed by atoms with van der Waals surface area (Å²) in [6.45, 7) is 4.56. The molecule has 1 rings (SSSR count). The van der Waals surface area contributed by atoms with Crippen LogP contribution in [0.25, 0.3) is 0 Å². The molecule has 1 saturated carbocycles. The third-order valence-electron chi connectivity index (χ3n) is 2.76. The minimum atomic E-state index is 0.751. The van der Waals surface area contributed by atoms with Crippen LogP contribution in [0.2, 0.25) is 0 Å². The van der Waals surface area contributed by atoms with Crippen LogP contribution in [0.4, 0.5) is 0 Å². The molecule has 0 aromatic heterocycles. The minimum Gasteiger partial charge on any atom is -0.120 e. The first-order valence-corrected chi connectivity index (χ1v) is 4.71. The smallest absolute Gasteiger partial charge is 0.0112 e. The SMILES string of the molecule is C#CCC(C)CC1CC1CC. The Hall–Kier alpha value is -0.440. The van der Waals surface area contributed by atoms with Crippen molar-refractivity contribution in [2.24, 2.45) is 17.8 Å². The summed E-state index contributed by atoms with van der Waals surface area (Å²) in [4.78, 5) is 0. The van der Waals surface area contributed by atoms with Gasteiger partial charge in [-0.15, -0.1) is 12.3 Å². The van der Waals surface area contributed by atoms with Gasteiger partial charge < -0.3 is 0 Å². The molecule has 0 amide bonds. The fourth-order valence-corrected chi connectivity index (χ4v) is 1.90. The molecule has 1 aliphatic carbocycles. The van der Waals surface area contributed by atoms with Crippen molar-refractivity contribution in [3.05, 3.63) is 0 Å². The van der Waals surface area contributed by atoms with E-state index in [1.54, 1.807) is 0 Å². The highest BCUT2D eigenvalue weighted by molar-refractivity contribution is 4.90. The average molecular weight is 150 g/mol. The monoisotopic (exact) mass is 150 g/mol. The summed E-state index contributed by atoms with van der Waals surface area (Å²) in [5.74, 6) is 5.54. The van der Waals surface area contributed by atoms with Crippen molar-refractivity contribution in [1.82, 2.24) is 0 Å². The Kier molecular flexibility index (Phi) is 3.00. The van der Waals surface area contributed by atoms with Crippen molar-refractivity contribution in [2.75, 3.05) is 0 Å². The lowest BCUT2D eigenvalue weighted by Crippen LogP contribution is -1.95. The zero-order valence-corrected chi connectivity index (χ0v) is 7.64. The first-order chi connectivity index (χ1) is 5.27. The highest BCUT2D eigenvalue weighted by Crippen LogP contribution is 2.45. The van der Waals surface area contributed by atoms with Crippen molar-refractivity contribution in [3.63, 3.8) is 0 Å². The third kappa shape index (κ3) is 2.58. The second-order valence-corrected chi connectivity index (χ2v) is 3.91. The van der Waals surface area contributed by atoms with Gasteiger partial charge in [-0.2, -0.15) is 0 Å². The molecule has 0 bridgehead atoms. The zero-order valence-electron chi connectivity index (χ0n) is 7.64. The van der Waals surface area contributed by atoms with E-state index >= 15 is 0 Å². The Morgan fingerprint density at radius 1 is 1.55 bits per heavy atom. The third-order valence-corrected chi connectivity index (χ3v) is 2.76. The molecule has 3 unspecified atom stereocenters. The molecule has 11 heavy (non-hydrogen) atoms. The summed E-state index contributed by atoms with van der Waals surface area (Å²) in [5.41, 5.74) is 0. The molecule has 0 N–H and O–H groups in total. The van der Waals surface area contributed by atoms with Gasteiger partial charge >= 0.3 is 0 Å². The number of hydrogen-bond acceptors (Lipinski definition) is 0. The molecule has 3 atom stereocenters. The van der Waals surface area contributed by atoms with Gasteiger partial charge in [-0.25, -0.2) is 0 Å². The molecule has 0 saturated heterocycles. The van der Waals surface area contributed by atoms with E-state index in [9.17, 15) is 0 Å². The lowest BCUT2D eigenvalue weighted by atomic mass is 10.00. The standard InChI is InChI=1S/C11H18/c1-4-6-9(3)7-11-8-10(11)5-2/h1,9-11H,5-8H2,2-3H3. The quantitative estimate of drug-likeness (QED) is 0.540. The molecule has 62 valence electrons. The van der Waals surface area contributed by atoms with Gasteiger partial charge in [-0.3, -0.25) is 0 Å². The van der Waals surface area contributed by atoms with Crippen LogP contribution in [0.15, 0.2) is 0 Å². The summed E-state index contributed by atoms with van der Waals surface area (Å²) >= 11 is 0. The van der Waals surface area contributed by atoms with E-state index < -0.39 is 0 Å². The highest BCUT2D eigenvalue weighted by Gasteiger charge is 2.35. The van der Waals surface area contributed by atoms with Gasteiger partial charge in [-0.1, -0.05) is 20.3 Å². The van der Waals surface area contributed by atoms with Crippen LogP contribution in [0.3, 0.4) is 0 Å². The Morgan fingerprint density at radius 2 is 2.27 bits per heavy atom. The molecular formula is C11H18. The maximum absolute atomic E-state index is 5.24. The van der Waals surface area contributed by atoms with Crippen LogP contribution in [0, 0.1) is 30.1 Å². The maximum Gasteiger partial charge on any atom is 0.0112 e. The second kappa shape index (κ2) is 3.81. The van der Waals surface area contributed by atoms with Gasteiger partial charge in [0.25, 0.3) is 0 Å². The topological polar surface area (TPSA) is 0 Å². The van der Waals surface area contributed by atoms with Crippen LogP contribution >= 0.6 is 0 Å². The van der Waals surface area contributed by atoms with E-state index in [0.717, 1.165) is 24.2 Å². The number of terminal acetylenes is 1. The van der Waals surface area contributed by atoms with E-state index in [4.69, 9.17) is 6.42 Å². The molecule has 1 fully saturated rings. The van der Waals surface area contributed by atoms with Crippen molar-refractivity contribution < 1.29 is 0 Å². The summed E-state index contributed by atoms with van der Waals surface area (Å²) in [7, 11) is 0. The first-order valence-electron chi connectivity index (χ1n) is 4.71. The molecule has 0 spiro atoms. The molecule has 0 radical (unpaired) electrons. The minimum absolute atomic E-state index is 0.751. The van der Waals surface area contributed by atoms with Crippen molar-refractivity contribution >= 4 is 0 Å². The van der Waals surface area contributed by atoms with E-state index in [1.807, 2.05) is 0 Å². The van der Waals surface area contributed by atoms with Crippen molar-refractivity contribution in [1.29, 1.82) is 0 Å². The Morgan fingerprint density at radius 3 is 2.73 bits per heavy atom. The molecule has 1 aliphatic rings. The van der Waals surface area contributed by atoms with E-state index in [2.05, 4.69) is 19.8 Å². The lowest BCUT2D eigenvalue weighted by Gasteiger charge is -2.05. The highest BCUT2D eigenvalue weighted by atomic mass is 14.4. The Balaban J connectivity index is 2.09. The van der Waals surface area contributed by atoms with E-state index in [0.29, 0.717) is 0 Å². The van der Waals surface area contributed by atoms with Crippen molar-refractivity contribution in [2.45, 2.75) is 39.5 Å². The molecular weight excluding hydrogens is 132 g/mol. The van der Waals surface area contributed by atoms with Gasteiger partial charge in [0.05, 0.1) is 0 Å². The number of hydrogen-bond donors (Lipinski definition) is 0. The predicted octanol–water partition coefficient (Wildman–Crippen LogP) is 3.08. The Labute approximate surface area is 70.4 Å². The number of rotatable bonds is 4. The fourth-order valence-electron chi connectivity index (χ4n) is 1.90. The molecule has 0 aromatic carbocycles. The maximum atomic E-state index is 5.24. The van der Waals surface area contributed by atoms with Crippen molar-refractivity contribution in [3.8, 4) is 12.3 Å². The summed E-state index contributed by atoms with van der Waals surface area (Å²) in [6, 6.07) is 0. The lowest BCUT2D eigenvalue weighted by molar-refractivity contribution is 0.483. The summed E-state index contributed by atoms with van der Waals surface area (Å²) in [5, 5.41) is 0. The van der Waals surface area contributed by atoms with Gasteiger partial charge in [0.2, 0.25) is 0 Å². The van der Waals surface area contributed by atoms with Gasteiger partial charge in [0.15, 0.2) is 0 Å². The largest absolute Gasteiger partial charge is 0.120 e. The van der Waals surface area contributed by atoms with E-state index in [1.165, 1.54) is 19.3 Å². The van der Waals surface area contributed by atoms with Gasteiger partial charge in [0, 0.05) is 6.42 Å². The normalized spacial score (nSPS) is 31.0. The molecule has 0 heteroatoms. The molecule has 0 aliphatic heterocycles. The Bertz CT molecular complexity index is 152. The van der Waals surface area contributed by atoms with Crippen LogP contribution in [-0.4, -0.2) is 0 Å². The van der Waals surface area contributed by atoms with Crippen LogP contribution in [-0.2, 0) is 0 Å². The fraction of sp³-hybridized carbons (Fsp3) is 0.818. The van der Waals surface area contributed by atoms with Gasteiger partial charge in [-0.05, 0) is 30.6 Å². The second-order valence-electron chi connectivity index (χ2n) is 3.91. The van der Waals surface area contributed by atoms with E-state index in [-0.39, 0.29) is 0 Å². The summed E-state index contributed by atoms with van der Waals surface area (Å²) in [6.07, 6.45) is 10.4. The zero-order chi connectivity index (χ0) is 8.27. The average Bonchev–Trinajstić information content (AvgIpc) is 2.68. The predicted molar refractivity (Wildman–Crippen MR) is 49.1 cm³/mol. The first kappa shape index (κ1) is 8.65. The summed E-state index contributed by atoms with van der Waals surface area (Å²) < 4.78 is 0. The van der Waals surface area contributed by atoms with Crippen LogP contribution in [0.1, 0.15) is 39.5 Å². The molecule has 0 heterocycles. The van der Waals surface area contributed by atoms with Crippen LogP contribution in [0.5, 0.6) is 0 Å².